The number of hydrogen-bond donors (Lipinski definition) is 1. The lowest BCUT2D eigenvalue weighted by Crippen LogP contribution is -2.07. The molecule has 0 unspecified atom stereocenters. The topological polar surface area (TPSA) is 71.5 Å². The highest BCUT2D eigenvalue weighted by molar-refractivity contribution is 7.25. The van der Waals surface area contributed by atoms with Crippen LogP contribution in [0.4, 0.5) is 0 Å². The van der Waals surface area contributed by atoms with Crippen LogP contribution in [0.3, 0.4) is 0 Å². The lowest BCUT2D eigenvalue weighted by molar-refractivity contribution is 1.19. The van der Waals surface area contributed by atoms with Gasteiger partial charge in [-0.2, -0.15) is 0 Å². The van der Waals surface area contributed by atoms with Gasteiger partial charge in [-0.1, -0.05) is 30.3 Å². The van der Waals surface area contributed by atoms with Crippen LogP contribution in [0.1, 0.15) is 0 Å². The van der Waals surface area contributed by atoms with Gasteiger partial charge in [0.1, 0.15) is 26.4 Å². The van der Waals surface area contributed by atoms with Gasteiger partial charge in [0.05, 0.1) is 0 Å². The second-order valence-corrected chi connectivity index (χ2v) is 5.27. The molecule has 4 aromatic rings. The van der Waals surface area contributed by atoms with Crippen LogP contribution in [-0.2, 0) is 0 Å². The lowest BCUT2D eigenvalue weighted by atomic mass is 10.2. The SMILES string of the molecule is O=c1[nH]c(-c2ccccc2)nc2c1sc1nccnc12. The molecule has 0 aliphatic heterocycles. The predicted octanol–water partition coefficient (Wildman–Crippen LogP) is 2.59. The molecular formula is C14H8N4OS. The van der Waals surface area contributed by atoms with Gasteiger partial charge in [0, 0.05) is 18.0 Å². The second-order valence-electron chi connectivity index (χ2n) is 4.27. The number of H-pyrrole nitrogens is 1. The van der Waals surface area contributed by atoms with Crippen molar-refractivity contribution in [2.45, 2.75) is 0 Å². The molecule has 0 aliphatic carbocycles. The molecule has 5 nitrogen and oxygen atoms in total. The summed E-state index contributed by atoms with van der Waals surface area (Å²) in [5, 5.41) is 0. The molecule has 1 aromatic carbocycles. The second kappa shape index (κ2) is 4.21. The Labute approximate surface area is 117 Å². The van der Waals surface area contributed by atoms with E-state index in [0.29, 0.717) is 21.6 Å². The number of nitrogens with zero attached hydrogens (tertiary/aromatic N) is 3. The number of aromatic nitrogens is 4. The monoisotopic (exact) mass is 280 g/mol. The molecule has 0 radical (unpaired) electrons. The van der Waals surface area contributed by atoms with Crippen LogP contribution in [-0.4, -0.2) is 19.9 Å². The third kappa shape index (κ3) is 1.62. The van der Waals surface area contributed by atoms with Gasteiger partial charge in [0.25, 0.3) is 5.56 Å². The normalized spacial score (nSPS) is 11.2. The molecule has 0 saturated heterocycles. The van der Waals surface area contributed by atoms with E-state index in [2.05, 4.69) is 19.9 Å². The first-order valence-corrected chi connectivity index (χ1v) is 6.83. The zero-order chi connectivity index (χ0) is 13.5. The molecule has 3 aromatic heterocycles. The van der Waals surface area contributed by atoms with Crippen molar-refractivity contribution >= 4 is 31.9 Å². The maximum Gasteiger partial charge on any atom is 0.269 e. The van der Waals surface area contributed by atoms with Crippen molar-refractivity contribution in [3.8, 4) is 11.4 Å². The molecule has 1 N–H and O–H groups in total. The molecule has 20 heavy (non-hydrogen) atoms. The summed E-state index contributed by atoms with van der Waals surface area (Å²) in [6, 6.07) is 9.55. The standard InChI is InChI=1S/C14H8N4OS/c19-13-11-9(10-14(20-11)16-7-6-15-10)17-12(18-13)8-4-2-1-3-5-8/h1-7H,(H,17,18,19). The fourth-order valence-electron chi connectivity index (χ4n) is 2.11. The van der Waals surface area contributed by atoms with Gasteiger partial charge in [-0.05, 0) is 0 Å². The minimum atomic E-state index is -0.154. The maximum absolute atomic E-state index is 12.2. The number of thiophene rings is 1. The first kappa shape index (κ1) is 11.2. The van der Waals surface area contributed by atoms with E-state index < -0.39 is 0 Å². The molecule has 0 bridgehead atoms. The van der Waals surface area contributed by atoms with Crippen molar-refractivity contribution in [3.63, 3.8) is 0 Å². The smallest absolute Gasteiger partial charge is 0.269 e. The third-order valence-electron chi connectivity index (χ3n) is 3.01. The number of rotatable bonds is 1. The van der Waals surface area contributed by atoms with Crippen molar-refractivity contribution in [1.82, 2.24) is 19.9 Å². The number of benzene rings is 1. The van der Waals surface area contributed by atoms with Gasteiger partial charge in [-0.3, -0.25) is 4.79 Å². The molecule has 96 valence electrons. The Morgan fingerprint density at radius 2 is 1.80 bits per heavy atom. The molecule has 4 rings (SSSR count). The summed E-state index contributed by atoms with van der Waals surface area (Å²) in [5.41, 5.74) is 2.00. The van der Waals surface area contributed by atoms with Gasteiger partial charge in [0.2, 0.25) is 0 Å². The summed E-state index contributed by atoms with van der Waals surface area (Å²) < 4.78 is 0.561. The van der Waals surface area contributed by atoms with E-state index >= 15 is 0 Å². The number of hydrogen-bond acceptors (Lipinski definition) is 5. The summed E-state index contributed by atoms with van der Waals surface area (Å²) in [4.78, 5) is 28.8. The maximum atomic E-state index is 12.2. The Kier molecular flexibility index (Phi) is 2.37. The highest BCUT2D eigenvalue weighted by atomic mass is 32.1. The Bertz CT molecular complexity index is 975. The van der Waals surface area contributed by atoms with Crippen molar-refractivity contribution in [2.75, 3.05) is 0 Å². The van der Waals surface area contributed by atoms with Crippen molar-refractivity contribution < 1.29 is 0 Å². The molecule has 0 amide bonds. The van der Waals surface area contributed by atoms with E-state index in [4.69, 9.17) is 0 Å². The Morgan fingerprint density at radius 1 is 1.00 bits per heavy atom. The minimum Gasteiger partial charge on any atom is -0.305 e. The summed E-state index contributed by atoms with van der Waals surface area (Å²) in [6.07, 6.45) is 3.23. The highest BCUT2D eigenvalue weighted by Crippen LogP contribution is 2.27. The first-order chi connectivity index (χ1) is 9.83. The van der Waals surface area contributed by atoms with Gasteiger partial charge in [-0.15, -0.1) is 11.3 Å². The summed E-state index contributed by atoms with van der Waals surface area (Å²) in [5.74, 6) is 0.549. The van der Waals surface area contributed by atoms with Crippen molar-refractivity contribution in [1.29, 1.82) is 0 Å². The Balaban J connectivity index is 2.11. The largest absolute Gasteiger partial charge is 0.305 e. The van der Waals surface area contributed by atoms with Gasteiger partial charge >= 0.3 is 0 Å². The third-order valence-corrected chi connectivity index (χ3v) is 4.09. The van der Waals surface area contributed by atoms with E-state index in [1.54, 1.807) is 12.4 Å². The number of fused-ring (bicyclic) bond motifs is 3. The van der Waals surface area contributed by atoms with E-state index in [9.17, 15) is 4.79 Å². The quantitative estimate of drug-likeness (QED) is 0.581. The Morgan fingerprint density at radius 3 is 2.65 bits per heavy atom. The van der Waals surface area contributed by atoms with Crippen LogP contribution in [0.15, 0.2) is 47.5 Å². The van der Waals surface area contributed by atoms with Gasteiger partial charge in [0.15, 0.2) is 0 Å². The number of nitrogens with one attached hydrogen (secondary N) is 1. The summed E-state index contributed by atoms with van der Waals surface area (Å²) in [6.45, 7) is 0. The van der Waals surface area contributed by atoms with Crippen LogP contribution in [0.5, 0.6) is 0 Å². The molecule has 0 fully saturated rings. The van der Waals surface area contributed by atoms with E-state index in [1.165, 1.54) is 11.3 Å². The highest BCUT2D eigenvalue weighted by Gasteiger charge is 2.13. The average Bonchev–Trinajstić information content (AvgIpc) is 2.88. The van der Waals surface area contributed by atoms with Crippen LogP contribution in [0, 0.1) is 0 Å². The van der Waals surface area contributed by atoms with Gasteiger partial charge in [-0.25, -0.2) is 15.0 Å². The fourth-order valence-corrected chi connectivity index (χ4v) is 3.05. The molecule has 0 saturated carbocycles. The minimum absolute atomic E-state index is 0.154. The first-order valence-electron chi connectivity index (χ1n) is 6.02. The fraction of sp³-hybridized carbons (Fsp3) is 0. The molecule has 0 atom stereocenters. The van der Waals surface area contributed by atoms with E-state index in [1.807, 2.05) is 30.3 Å². The molecular weight excluding hydrogens is 272 g/mol. The lowest BCUT2D eigenvalue weighted by Gasteiger charge is -2.00. The summed E-state index contributed by atoms with van der Waals surface area (Å²) in [7, 11) is 0. The van der Waals surface area contributed by atoms with Gasteiger partial charge < -0.3 is 4.98 Å². The molecule has 0 spiro atoms. The van der Waals surface area contributed by atoms with Crippen LogP contribution < -0.4 is 5.56 Å². The van der Waals surface area contributed by atoms with E-state index in [-0.39, 0.29) is 5.56 Å². The Hall–Kier alpha value is -2.60. The number of aromatic amines is 1. The zero-order valence-corrected chi connectivity index (χ0v) is 11.0. The van der Waals surface area contributed by atoms with Crippen LogP contribution in [0.2, 0.25) is 0 Å². The van der Waals surface area contributed by atoms with Crippen molar-refractivity contribution in [2.24, 2.45) is 0 Å². The predicted molar refractivity (Wildman–Crippen MR) is 78.8 cm³/mol. The average molecular weight is 280 g/mol. The summed E-state index contributed by atoms with van der Waals surface area (Å²) >= 11 is 1.31. The molecule has 0 aliphatic rings. The molecule has 3 heterocycles. The molecule has 6 heteroatoms. The zero-order valence-electron chi connectivity index (χ0n) is 10.2. The van der Waals surface area contributed by atoms with E-state index in [0.717, 1.165) is 10.4 Å². The van der Waals surface area contributed by atoms with Crippen LogP contribution in [0.25, 0.3) is 32.0 Å². The van der Waals surface area contributed by atoms with Crippen LogP contribution >= 0.6 is 11.3 Å². The van der Waals surface area contributed by atoms with Crippen molar-refractivity contribution in [3.05, 3.63) is 53.1 Å².